The predicted octanol–water partition coefficient (Wildman–Crippen LogP) is 1.66. The first-order valence-corrected chi connectivity index (χ1v) is 6.15. The molecule has 94 valence electrons. The molecule has 2 rings (SSSR count). The molecule has 1 saturated heterocycles. The summed E-state index contributed by atoms with van der Waals surface area (Å²) >= 11 is 0. The normalized spacial score (nSPS) is 18.3. The van der Waals surface area contributed by atoms with Crippen molar-refractivity contribution in [3.63, 3.8) is 0 Å². The lowest BCUT2D eigenvalue weighted by Gasteiger charge is -2.10. The average Bonchev–Trinajstić information content (AvgIpc) is 2.90. The predicted molar refractivity (Wildman–Crippen MR) is 67.1 cm³/mol. The standard InChI is InChI=1S/C14H16N2O2/c15-8-7-11-3-5-12(6-4-11)14(17)16-10-13-2-1-9-18-13/h3-6,13H,1-2,7,9-10H2,(H,16,17)/t13-/m1/s1. The van der Waals surface area contributed by atoms with Crippen molar-refractivity contribution >= 4 is 5.91 Å². The zero-order valence-electron chi connectivity index (χ0n) is 10.2. The van der Waals surface area contributed by atoms with Gasteiger partial charge in [-0.05, 0) is 30.5 Å². The lowest BCUT2D eigenvalue weighted by atomic mass is 10.1. The van der Waals surface area contributed by atoms with Gasteiger partial charge in [0.15, 0.2) is 0 Å². The molecule has 1 heterocycles. The van der Waals surface area contributed by atoms with Crippen LogP contribution in [0, 0.1) is 11.3 Å². The Labute approximate surface area is 107 Å². The molecule has 0 spiro atoms. The van der Waals surface area contributed by atoms with Crippen molar-refractivity contribution in [1.29, 1.82) is 5.26 Å². The van der Waals surface area contributed by atoms with Crippen molar-refractivity contribution in [3.8, 4) is 6.07 Å². The Balaban J connectivity index is 1.86. The highest BCUT2D eigenvalue weighted by Crippen LogP contribution is 2.11. The molecular formula is C14H16N2O2. The van der Waals surface area contributed by atoms with Crippen molar-refractivity contribution in [3.05, 3.63) is 35.4 Å². The second-order valence-corrected chi connectivity index (χ2v) is 4.38. The van der Waals surface area contributed by atoms with Crippen LogP contribution in [0.3, 0.4) is 0 Å². The molecule has 1 aromatic rings. The summed E-state index contributed by atoms with van der Waals surface area (Å²) in [6, 6.07) is 9.19. The van der Waals surface area contributed by atoms with Gasteiger partial charge in [0.1, 0.15) is 0 Å². The van der Waals surface area contributed by atoms with Gasteiger partial charge < -0.3 is 10.1 Å². The van der Waals surface area contributed by atoms with Gasteiger partial charge in [-0.1, -0.05) is 12.1 Å². The van der Waals surface area contributed by atoms with Gasteiger partial charge >= 0.3 is 0 Å². The van der Waals surface area contributed by atoms with E-state index in [9.17, 15) is 4.79 Å². The van der Waals surface area contributed by atoms with Gasteiger partial charge in [0.05, 0.1) is 18.6 Å². The van der Waals surface area contributed by atoms with E-state index in [-0.39, 0.29) is 12.0 Å². The number of hydrogen-bond acceptors (Lipinski definition) is 3. The highest BCUT2D eigenvalue weighted by Gasteiger charge is 2.16. The van der Waals surface area contributed by atoms with Crippen LogP contribution in [0.4, 0.5) is 0 Å². The van der Waals surface area contributed by atoms with E-state index in [1.807, 2.05) is 12.1 Å². The van der Waals surface area contributed by atoms with Crippen molar-refractivity contribution < 1.29 is 9.53 Å². The Hall–Kier alpha value is -1.86. The van der Waals surface area contributed by atoms with Crippen LogP contribution in [-0.2, 0) is 11.2 Å². The summed E-state index contributed by atoms with van der Waals surface area (Å²) in [4.78, 5) is 11.8. The fraction of sp³-hybridized carbons (Fsp3) is 0.429. The van der Waals surface area contributed by atoms with E-state index in [1.54, 1.807) is 12.1 Å². The van der Waals surface area contributed by atoms with Crippen molar-refractivity contribution in [2.45, 2.75) is 25.4 Å². The molecule has 4 heteroatoms. The second-order valence-electron chi connectivity index (χ2n) is 4.38. The molecule has 1 amide bonds. The highest BCUT2D eigenvalue weighted by atomic mass is 16.5. The monoisotopic (exact) mass is 244 g/mol. The van der Waals surface area contributed by atoms with Gasteiger partial charge in [0, 0.05) is 18.7 Å². The maximum Gasteiger partial charge on any atom is 0.251 e. The van der Waals surface area contributed by atoms with E-state index >= 15 is 0 Å². The van der Waals surface area contributed by atoms with Crippen molar-refractivity contribution in [2.75, 3.05) is 13.2 Å². The van der Waals surface area contributed by atoms with Crippen LogP contribution in [0.25, 0.3) is 0 Å². The molecule has 1 aromatic carbocycles. The maximum atomic E-state index is 11.8. The maximum absolute atomic E-state index is 11.8. The minimum absolute atomic E-state index is 0.0889. The fourth-order valence-electron chi connectivity index (χ4n) is 1.98. The molecule has 1 aliphatic heterocycles. The summed E-state index contributed by atoms with van der Waals surface area (Å²) in [6.45, 7) is 1.36. The number of nitrogens with zero attached hydrogens (tertiary/aromatic N) is 1. The molecular weight excluding hydrogens is 228 g/mol. The summed E-state index contributed by atoms with van der Waals surface area (Å²) in [5.74, 6) is -0.0889. The topological polar surface area (TPSA) is 62.1 Å². The van der Waals surface area contributed by atoms with E-state index in [0.717, 1.165) is 25.0 Å². The molecule has 1 N–H and O–H groups in total. The van der Waals surface area contributed by atoms with Gasteiger partial charge in [0.2, 0.25) is 0 Å². The first-order chi connectivity index (χ1) is 8.79. The largest absolute Gasteiger partial charge is 0.376 e. The van der Waals surface area contributed by atoms with Gasteiger partial charge in [-0.2, -0.15) is 5.26 Å². The number of benzene rings is 1. The Morgan fingerprint density at radius 3 is 2.83 bits per heavy atom. The molecule has 1 fully saturated rings. The molecule has 0 unspecified atom stereocenters. The summed E-state index contributed by atoms with van der Waals surface area (Å²) in [5.41, 5.74) is 1.54. The van der Waals surface area contributed by atoms with E-state index in [4.69, 9.17) is 10.00 Å². The van der Waals surface area contributed by atoms with E-state index in [0.29, 0.717) is 18.5 Å². The Morgan fingerprint density at radius 1 is 1.44 bits per heavy atom. The zero-order chi connectivity index (χ0) is 12.8. The van der Waals surface area contributed by atoms with Crippen LogP contribution >= 0.6 is 0 Å². The Morgan fingerprint density at radius 2 is 2.22 bits per heavy atom. The molecule has 0 aromatic heterocycles. The van der Waals surface area contributed by atoms with E-state index < -0.39 is 0 Å². The number of hydrogen-bond donors (Lipinski definition) is 1. The first-order valence-electron chi connectivity index (χ1n) is 6.15. The molecule has 0 aliphatic carbocycles. The molecule has 1 atom stereocenters. The zero-order valence-corrected chi connectivity index (χ0v) is 10.2. The number of carbonyl (C=O) groups excluding carboxylic acids is 1. The minimum atomic E-state index is -0.0889. The number of nitrogens with one attached hydrogen (secondary N) is 1. The Kier molecular flexibility index (Phi) is 4.32. The second kappa shape index (κ2) is 6.18. The summed E-state index contributed by atoms with van der Waals surface area (Å²) in [7, 11) is 0. The van der Waals surface area contributed by atoms with Crippen LogP contribution in [0.5, 0.6) is 0 Å². The van der Waals surface area contributed by atoms with E-state index in [2.05, 4.69) is 11.4 Å². The third-order valence-electron chi connectivity index (χ3n) is 3.01. The van der Waals surface area contributed by atoms with E-state index in [1.165, 1.54) is 0 Å². The first kappa shape index (κ1) is 12.6. The highest BCUT2D eigenvalue weighted by molar-refractivity contribution is 5.94. The fourth-order valence-corrected chi connectivity index (χ4v) is 1.98. The molecule has 1 aliphatic rings. The number of amides is 1. The quantitative estimate of drug-likeness (QED) is 0.876. The number of carbonyl (C=O) groups is 1. The third-order valence-corrected chi connectivity index (χ3v) is 3.01. The molecule has 4 nitrogen and oxygen atoms in total. The van der Waals surface area contributed by atoms with Gasteiger partial charge in [-0.3, -0.25) is 4.79 Å². The smallest absolute Gasteiger partial charge is 0.251 e. The average molecular weight is 244 g/mol. The van der Waals surface area contributed by atoms with Crippen LogP contribution < -0.4 is 5.32 Å². The molecule has 0 bridgehead atoms. The van der Waals surface area contributed by atoms with Crippen molar-refractivity contribution in [2.24, 2.45) is 0 Å². The van der Waals surface area contributed by atoms with Crippen LogP contribution in [0.2, 0.25) is 0 Å². The number of ether oxygens (including phenoxy) is 1. The van der Waals surface area contributed by atoms with Crippen LogP contribution in [0.15, 0.2) is 24.3 Å². The van der Waals surface area contributed by atoms with Crippen LogP contribution in [-0.4, -0.2) is 25.2 Å². The third kappa shape index (κ3) is 3.31. The molecule has 18 heavy (non-hydrogen) atoms. The summed E-state index contributed by atoms with van der Waals surface area (Å²) in [6.07, 6.45) is 2.62. The summed E-state index contributed by atoms with van der Waals surface area (Å²) in [5, 5.41) is 11.4. The van der Waals surface area contributed by atoms with Crippen LogP contribution in [0.1, 0.15) is 28.8 Å². The molecule has 0 radical (unpaired) electrons. The van der Waals surface area contributed by atoms with Crippen molar-refractivity contribution in [1.82, 2.24) is 5.32 Å². The lowest BCUT2D eigenvalue weighted by molar-refractivity contribution is 0.0858. The lowest BCUT2D eigenvalue weighted by Crippen LogP contribution is -2.31. The Bertz CT molecular complexity index is 442. The van der Waals surface area contributed by atoms with Gasteiger partial charge in [-0.25, -0.2) is 0 Å². The SMILES string of the molecule is N#CCc1ccc(C(=O)NC[C@H]2CCCO2)cc1. The number of nitriles is 1. The van der Waals surface area contributed by atoms with Gasteiger partial charge in [0.25, 0.3) is 5.91 Å². The minimum Gasteiger partial charge on any atom is -0.376 e. The van der Waals surface area contributed by atoms with Gasteiger partial charge in [-0.15, -0.1) is 0 Å². The number of rotatable bonds is 4. The summed E-state index contributed by atoms with van der Waals surface area (Å²) < 4.78 is 5.44. The molecule has 0 saturated carbocycles.